The molecule has 1 aromatic heterocycles. The third kappa shape index (κ3) is 13.7. The first-order valence-electron chi connectivity index (χ1n) is 20.0. The van der Waals surface area contributed by atoms with Crippen molar-refractivity contribution in [3.05, 3.63) is 172 Å². The first kappa shape index (κ1) is 57.3. The molecule has 0 saturated heterocycles. The van der Waals surface area contributed by atoms with Crippen molar-refractivity contribution in [1.82, 2.24) is 4.98 Å². The van der Waals surface area contributed by atoms with Gasteiger partial charge in [0, 0.05) is 5.56 Å². The molecule has 73 heavy (non-hydrogen) atoms. The summed E-state index contributed by atoms with van der Waals surface area (Å²) >= 11 is 0. The molecule has 0 atom stereocenters. The molecule has 394 valence electrons. The van der Waals surface area contributed by atoms with E-state index in [9.17, 15) is 105 Å². The smallest absolute Gasteiger partial charge is 0.416 e. The fourth-order valence-electron chi connectivity index (χ4n) is 7.59. The summed E-state index contributed by atoms with van der Waals surface area (Å²) in [5, 5.41) is 0. The highest BCUT2D eigenvalue weighted by Gasteiger charge is 2.47. The quantitative estimate of drug-likeness (QED) is 0.0862. The molecule has 3 nitrogen and oxygen atoms in total. The molecule has 0 spiro atoms. The summed E-state index contributed by atoms with van der Waals surface area (Å²) in [6.45, 7) is 3.55. The lowest BCUT2D eigenvalue weighted by Crippen LogP contribution is -2.75. The number of hydrogen-bond acceptors (Lipinski definition) is 2. The van der Waals surface area contributed by atoms with Crippen molar-refractivity contribution >= 4 is 28.0 Å². The second-order valence-electron chi connectivity index (χ2n) is 15.7. The lowest BCUT2D eigenvalue weighted by molar-refractivity contribution is -0.688. The minimum absolute atomic E-state index is 0.691. The Hall–Kier alpha value is -6.64. The Bertz CT molecular complexity index is 2440. The van der Waals surface area contributed by atoms with Gasteiger partial charge in [-0.05, 0) is 55.5 Å². The zero-order valence-corrected chi connectivity index (χ0v) is 35.9. The Morgan fingerprint density at radius 1 is 0.370 bits per heavy atom. The minimum atomic E-state index is -6.13. The molecule has 0 bridgehead atoms. The molecule has 0 unspecified atom stereocenters. The van der Waals surface area contributed by atoms with Crippen molar-refractivity contribution in [2.24, 2.45) is 0 Å². The SMILES string of the molecule is CCOc1ccc(C[n+]2ccncc2)cc1.FC(F)(F)c1cc([B-](c2cc(C(F)(F)F)cc(C(F)(F)F)c2)(c2cc(C(F)(F)F)cc(C(F)(F)F)c2)c2cc(C(F)(F)F)cc(C(F)(F)F)c2)cc(C(F)(F)F)c1. The van der Waals surface area contributed by atoms with E-state index in [1.54, 1.807) is 12.4 Å². The van der Waals surface area contributed by atoms with Crippen LogP contribution in [0.4, 0.5) is 105 Å². The van der Waals surface area contributed by atoms with Gasteiger partial charge in [0.25, 0.3) is 0 Å². The molecule has 0 N–H and O–H groups in total. The molecule has 0 radical (unpaired) electrons. The predicted molar refractivity (Wildman–Crippen MR) is 211 cm³/mol. The summed E-state index contributed by atoms with van der Waals surface area (Å²) in [4.78, 5) is 3.98. The highest BCUT2D eigenvalue weighted by Crippen LogP contribution is 2.41. The van der Waals surface area contributed by atoms with Gasteiger partial charge in [0.15, 0.2) is 18.9 Å². The van der Waals surface area contributed by atoms with E-state index in [0.717, 1.165) is 12.3 Å². The summed E-state index contributed by atoms with van der Waals surface area (Å²) in [5.41, 5.74) is -29.0. The Morgan fingerprint density at radius 2 is 0.603 bits per heavy atom. The van der Waals surface area contributed by atoms with Gasteiger partial charge in [-0.2, -0.15) is 132 Å². The highest BCUT2D eigenvalue weighted by atomic mass is 19.4. The van der Waals surface area contributed by atoms with Crippen molar-refractivity contribution in [3.8, 4) is 5.75 Å². The lowest BCUT2D eigenvalue weighted by atomic mass is 9.12. The zero-order valence-electron chi connectivity index (χ0n) is 35.9. The van der Waals surface area contributed by atoms with Crippen molar-refractivity contribution < 1.29 is 115 Å². The molecule has 0 aliphatic carbocycles. The van der Waals surface area contributed by atoms with Gasteiger partial charge < -0.3 is 4.74 Å². The van der Waals surface area contributed by atoms with E-state index in [1.165, 1.54) is 5.56 Å². The Labute approximate surface area is 394 Å². The average Bonchev–Trinajstić information content (AvgIpc) is 3.25. The number of nitrogens with zero attached hydrogens (tertiary/aromatic N) is 2. The van der Waals surface area contributed by atoms with Gasteiger partial charge in [0.2, 0.25) is 0 Å². The summed E-state index contributed by atoms with van der Waals surface area (Å²) in [5.74, 6) is 0.922. The fraction of sp³-hybridized carbons (Fsp3) is 0.244. The van der Waals surface area contributed by atoms with Crippen LogP contribution in [0.5, 0.6) is 5.75 Å². The first-order chi connectivity index (χ1) is 33.1. The van der Waals surface area contributed by atoms with Gasteiger partial charge in [0.05, 0.1) is 63.5 Å². The second kappa shape index (κ2) is 20.0. The summed E-state index contributed by atoms with van der Waals surface area (Å²) in [6, 6.07) is -0.646. The third-order valence-electron chi connectivity index (χ3n) is 10.7. The summed E-state index contributed by atoms with van der Waals surface area (Å²) < 4.78 is 348. The van der Waals surface area contributed by atoms with Gasteiger partial charge in [-0.15, -0.1) is 0 Å². The van der Waals surface area contributed by atoms with E-state index in [2.05, 4.69) is 21.7 Å². The van der Waals surface area contributed by atoms with E-state index in [-0.39, 0.29) is 0 Å². The zero-order chi connectivity index (χ0) is 55.1. The number of rotatable bonds is 8. The first-order valence-corrected chi connectivity index (χ1v) is 20.0. The molecular formula is C45H27BF24N2O. The second-order valence-corrected chi connectivity index (χ2v) is 15.7. The Morgan fingerprint density at radius 3 is 0.808 bits per heavy atom. The van der Waals surface area contributed by atoms with Crippen LogP contribution >= 0.6 is 0 Å². The molecule has 0 saturated carbocycles. The molecule has 0 fully saturated rings. The van der Waals surface area contributed by atoms with Crippen LogP contribution in [0.1, 0.15) is 57.0 Å². The van der Waals surface area contributed by atoms with E-state index in [0.29, 0.717) is 6.61 Å². The minimum Gasteiger partial charge on any atom is -0.494 e. The Balaban J connectivity index is 0.000000520. The van der Waals surface area contributed by atoms with Crippen LogP contribution in [-0.2, 0) is 56.0 Å². The molecule has 0 aliphatic heterocycles. The van der Waals surface area contributed by atoms with Crippen LogP contribution in [-0.4, -0.2) is 17.7 Å². The van der Waals surface area contributed by atoms with Crippen molar-refractivity contribution in [1.29, 1.82) is 0 Å². The van der Waals surface area contributed by atoms with Gasteiger partial charge >= 0.3 is 49.4 Å². The van der Waals surface area contributed by atoms with Gasteiger partial charge in [-0.25, -0.2) is 0 Å². The molecule has 0 amide bonds. The molecular weight excluding hydrogens is 1050 g/mol. The summed E-state index contributed by atoms with van der Waals surface area (Å²) in [7, 11) is 0. The third-order valence-corrected chi connectivity index (χ3v) is 10.7. The van der Waals surface area contributed by atoms with Crippen LogP contribution < -0.4 is 31.2 Å². The van der Waals surface area contributed by atoms with Crippen molar-refractivity contribution in [2.45, 2.75) is 62.9 Å². The monoisotopic (exact) mass is 1080 g/mol. The number of alkyl halides is 24. The largest absolute Gasteiger partial charge is 0.494 e. The number of halogens is 24. The van der Waals surface area contributed by atoms with Crippen LogP contribution in [0.3, 0.4) is 0 Å². The highest BCUT2D eigenvalue weighted by molar-refractivity contribution is 7.20. The van der Waals surface area contributed by atoms with E-state index < -0.39 is 195 Å². The standard InChI is InChI=1S/C32H12BF24.C13H15N2O/c34-25(35,36)13-1-14(26(37,38)39)6-21(5-13)33(22-7-15(27(40,41)42)2-16(8-22)28(43,44)45,23-9-17(29(46,47)48)3-18(10-23)30(49,50)51)24-11-19(31(52,53)54)4-20(12-24)32(55,56)57;1-2-16-13-5-3-12(4-6-13)11-15-9-7-14-8-10-15/h1-12H;3-10H,2,11H2,1H3/q-1;+1. The van der Waals surface area contributed by atoms with Gasteiger partial charge in [-0.1, -0.05) is 48.5 Å². The average molecular weight is 1080 g/mol. The molecule has 28 heteroatoms. The molecule has 6 aromatic rings. The number of aromatic nitrogens is 2. The lowest BCUT2D eigenvalue weighted by Gasteiger charge is -2.46. The fourth-order valence-corrected chi connectivity index (χ4v) is 7.59. The molecule has 0 aliphatic rings. The van der Waals surface area contributed by atoms with Crippen molar-refractivity contribution in [2.75, 3.05) is 6.61 Å². The maximum absolute atomic E-state index is 14.2. The number of ether oxygens (including phenoxy) is 1. The van der Waals surface area contributed by atoms with Crippen LogP contribution in [0, 0.1) is 0 Å². The molecule has 5 aromatic carbocycles. The number of benzene rings is 5. The van der Waals surface area contributed by atoms with Crippen LogP contribution in [0.25, 0.3) is 0 Å². The van der Waals surface area contributed by atoms with E-state index in [1.807, 2.05) is 31.5 Å². The van der Waals surface area contributed by atoms with E-state index >= 15 is 0 Å². The summed E-state index contributed by atoms with van der Waals surface area (Å²) in [6.07, 6.45) is -47.3. The van der Waals surface area contributed by atoms with Crippen molar-refractivity contribution in [3.63, 3.8) is 0 Å². The molecule has 6 rings (SSSR count). The van der Waals surface area contributed by atoms with Crippen LogP contribution in [0.15, 0.2) is 122 Å². The normalized spacial score (nSPS) is 13.4. The Kier molecular flexibility index (Phi) is 15.7. The molecule has 1 heterocycles. The van der Waals surface area contributed by atoms with Gasteiger partial charge in [0.1, 0.15) is 11.9 Å². The van der Waals surface area contributed by atoms with Gasteiger partial charge in [-0.3, -0.25) is 4.98 Å². The predicted octanol–water partition coefficient (Wildman–Crippen LogP) is 13.0. The van der Waals surface area contributed by atoms with Crippen LogP contribution in [0.2, 0.25) is 0 Å². The number of hydrogen-bond donors (Lipinski definition) is 0. The van der Waals surface area contributed by atoms with E-state index in [4.69, 9.17) is 4.74 Å². The topological polar surface area (TPSA) is 26.0 Å². The maximum Gasteiger partial charge on any atom is 0.416 e. The maximum atomic E-state index is 14.2.